The van der Waals surface area contributed by atoms with E-state index in [-0.39, 0.29) is 0 Å². The maximum Gasteiger partial charge on any atom is 0.0588 e. The first kappa shape index (κ1) is 9.47. The van der Waals surface area contributed by atoms with Gasteiger partial charge in [-0.05, 0) is 50.6 Å². The first-order valence-corrected chi connectivity index (χ1v) is 5.68. The number of hydrogen-bond acceptors (Lipinski definition) is 2. The van der Waals surface area contributed by atoms with E-state index in [1.165, 1.54) is 32.2 Å². The summed E-state index contributed by atoms with van der Waals surface area (Å²) in [6.07, 6.45) is 5.75. The standard InChI is InChI=1S/C11H21NO/c1-9-7-10(9)8-12-5-4-11-3-2-6-13-11/h9-12H,2-8H2,1H3. The number of ether oxygens (including phenoxy) is 1. The maximum absolute atomic E-state index is 5.56. The van der Waals surface area contributed by atoms with E-state index >= 15 is 0 Å². The molecule has 0 radical (unpaired) electrons. The molecule has 1 heterocycles. The van der Waals surface area contributed by atoms with Crippen molar-refractivity contribution in [1.82, 2.24) is 5.32 Å². The molecule has 1 N–H and O–H groups in total. The second-order valence-electron chi connectivity index (χ2n) is 4.60. The second-order valence-corrected chi connectivity index (χ2v) is 4.60. The Kier molecular flexibility index (Phi) is 3.23. The number of hydrogen-bond donors (Lipinski definition) is 1. The van der Waals surface area contributed by atoms with E-state index in [0.29, 0.717) is 6.10 Å². The third-order valence-corrected chi connectivity index (χ3v) is 3.35. The average Bonchev–Trinajstić information content (AvgIpc) is 2.67. The highest BCUT2D eigenvalue weighted by atomic mass is 16.5. The van der Waals surface area contributed by atoms with Crippen LogP contribution in [0.25, 0.3) is 0 Å². The van der Waals surface area contributed by atoms with E-state index in [2.05, 4.69) is 12.2 Å². The van der Waals surface area contributed by atoms with Gasteiger partial charge in [-0.1, -0.05) is 6.92 Å². The van der Waals surface area contributed by atoms with Gasteiger partial charge < -0.3 is 10.1 Å². The Bertz CT molecular complexity index is 154. The molecule has 2 aliphatic rings. The molecule has 3 unspecified atom stereocenters. The lowest BCUT2D eigenvalue weighted by Gasteiger charge is -2.09. The minimum absolute atomic E-state index is 0.559. The van der Waals surface area contributed by atoms with Gasteiger partial charge in [0.2, 0.25) is 0 Å². The van der Waals surface area contributed by atoms with Crippen LogP contribution in [0.3, 0.4) is 0 Å². The summed E-state index contributed by atoms with van der Waals surface area (Å²) in [4.78, 5) is 0. The SMILES string of the molecule is CC1CC1CNCCC1CCCO1. The normalized spacial score (nSPS) is 38.1. The highest BCUT2D eigenvalue weighted by Gasteiger charge is 2.31. The molecule has 0 amide bonds. The molecule has 13 heavy (non-hydrogen) atoms. The van der Waals surface area contributed by atoms with Gasteiger partial charge >= 0.3 is 0 Å². The van der Waals surface area contributed by atoms with Crippen molar-refractivity contribution in [3.8, 4) is 0 Å². The molecule has 2 nitrogen and oxygen atoms in total. The lowest BCUT2D eigenvalue weighted by Crippen LogP contribution is -2.22. The summed E-state index contributed by atoms with van der Waals surface area (Å²) in [5.74, 6) is 1.96. The summed E-state index contributed by atoms with van der Waals surface area (Å²) >= 11 is 0. The Balaban J connectivity index is 1.44. The van der Waals surface area contributed by atoms with Gasteiger partial charge in [0.1, 0.15) is 0 Å². The Morgan fingerprint density at radius 1 is 1.46 bits per heavy atom. The van der Waals surface area contributed by atoms with Crippen LogP contribution in [-0.2, 0) is 4.74 Å². The summed E-state index contributed by atoms with van der Waals surface area (Å²) in [7, 11) is 0. The zero-order chi connectivity index (χ0) is 9.10. The van der Waals surface area contributed by atoms with E-state index in [4.69, 9.17) is 4.74 Å². The Labute approximate surface area is 81.0 Å². The molecule has 76 valence electrons. The quantitative estimate of drug-likeness (QED) is 0.656. The zero-order valence-corrected chi connectivity index (χ0v) is 8.59. The van der Waals surface area contributed by atoms with Crippen molar-refractivity contribution in [2.45, 2.75) is 38.7 Å². The molecule has 2 fully saturated rings. The van der Waals surface area contributed by atoms with Gasteiger partial charge in [-0.3, -0.25) is 0 Å². The van der Waals surface area contributed by atoms with Crippen LogP contribution in [0.15, 0.2) is 0 Å². The van der Waals surface area contributed by atoms with Crippen LogP contribution in [-0.4, -0.2) is 25.8 Å². The third-order valence-electron chi connectivity index (χ3n) is 3.35. The first-order chi connectivity index (χ1) is 6.36. The van der Waals surface area contributed by atoms with Crippen molar-refractivity contribution >= 4 is 0 Å². The smallest absolute Gasteiger partial charge is 0.0588 e. The van der Waals surface area contributed by atoms with Crippen LogP contribution in [0.1, 0.15) is 32.6 Å². The summed E-state index contributed by atoms with van der Waals surface area (Å²) < 4.78 is 5.56. The number of rotatable bonds is 5. The van der Waals surface area contributed by atoms with Gasteiger partial charge in [0.25, 0.3) is 0 Å². The van der Waals surface area contributed by atoms with Gasteiger partial charge in [-0.25, -0.2) is 0 Å². The van der Waals surface area contributed by atoms with E-state index in [9.17, 15) is 0 Å². The van der Waals surface area contributed by atoms with Crippen LogP contribution in [0.4, 0.5) is 0 Å². The van der Waals surface area contributed by atoms with E-state index < -0.39 is 0 Å². The van der Waals surface area contributed by atoms with Gasteiger partial charge in [0, 0.05) is 6.61 Å². The van der Waals surface area contributed by atoms with Crippen molar-refractivity contribution in [1.29, 1.82) is 0 Å². The van der Waals surface area contributed by atoms with Gasteiger partial charge in [0.15, 0.2) is 0 Å². The van der Waals surface area contributed by atoms with Crippen LogP contribution in [0.2, 0.25) is 0 Å². The van der Waals surface area contributed by atoms with Crippen molar-refractivity contribution in [3.63, 3.8) is 0 Å². The Morgan fingerprint density at radius 2 is 2.31 bits per heavy atom. The summed E-state index contributed by atoms with van der Waals surface area (Å²) in [6.45, 7) is 5.71. The molecule has 0 aromatic carbocycles. The highest BCUT2D eigenvalue weighted by Crippen LogP contribution is 2.36. The van der Waals surface area contributed by atoms with E-state index in [1.54, 1.807) is 0 Å². The molecule has 1 saturated heterocycles. The van der Waals surface area contributed by atoms with E-state index in [0.717, 1.165) is 25.0 Å². The van der Waals surface area contributed by atoms with Crippen molar-refractivity contribution < 1.29 is 4.74 Å². The largest absolute Gasteiger partial charge is 0.378 e. The van der Waals surface area contributed by atoms with Crippen LogP contribution >= 0.6 is 0 Å². The predicted octanol–water partition coefficient (Wildman–Crippen LogP) is 1.80. The summed E-state index contributed by atoms with van der Waals surface area (Å²) in [6, 6.07) is 0. The average molecular weight is 183 g/mol. The van der Waals surface area contributed by atoms with Gasteiger partial charge in [-0.2, -0.15) is 0 Å². The Hall–Kier alpha value is -0.0800. The third kappa shape index (κ3) is 2.96. The first-order valence-electron chi connectivity index (χ1n) is 5.68. The molecular formula is C11H21NO. The fourth-order valence-electron chi connectivity index (χ4n) is 2.11. The molecule has 0 spiro atoms. The molecule has 2 heteroatoms. The monoisotopic (exact) mass is 183 g/mol. The summed E-state index contributed by atoms with van der Waals surface area (Å²) in [5, 5.41) is 3.52. The molecule has 3 atom stereocenters. The molecule has 0 bridgehead atoms. The molecule has 1 aliphatic heterocycles. The molecule has 0 aromatic heterocycles. The van der Waals surface area contributed by atoms with Gasteiger partial charge in [0.05, 0.1) is 6.10 Å². The zero-order valence-electron chi connectivity index (χ0n) is 8.59. The number of nitrogens with one attached hydrogen (secondary N) is 1. The molecule has 0 aromatic rings. The van der Waals surface area contributed by atoms with Gasteiger partial charge in [-0.15, -0.1) is 0 Å². The topological polar surface area (TPSA) is 21.3 Å². The summed E-state index contributed by atoms with van der Waals surface area (Å²) in [5.41, 5.74) is 0. The minimum Gasteiger partial charge on any atom is -0.378 e. The molecule has 2 rings (SSSR count). The van der Waals surface area contributed by atoms with E-state index in [1.807, 2.05) is 0 Å². The lowest BCUT2D eigenvalue weighted by molar-refractivity contribution is 0.104. The lowest BCUT2D eigenvalue weighted by atomic mass is 10.2. The van der Waals surface area contributed by atoms with Crippen LogP contribution in [0, 0.1) is 11.8 Å². The fourth-order valence-corrected chi connectivity index (χ4v) is 2.11. The molecular weight excluding hydrogens is 162 g/mol. The fraction of sp³-hybridized carbons (Fsp3) is 1.00. The van der Waals surface area contributed by atoms with Crippen LogP contribution in [0.5, 0.6) is 0 Å². The molecule has 1 saturated carbocycles. The Morgan fingerprint density at radius 3 is 2.92 bits per heavy atom. The van der Waals surface area contributed by atoms with Crippen molar-refractivity contribution in [2.24, 2.45) is 11.8 Å². The highest BCUT2D eigenvalue weighted by molar-refractivity contribution is 4.84. The second kappa shape index (κ2) is 4.43. The minimum atomic E-state index is 0.559. The van der Waals surface area contributed by atoms with Crippen molar-refractivity contribution in [2.75, 3.05) is 19.7 Å². The van der Waals surface area contributed by atoms with Crippen LogP contribution < -0.4 is 5.32 Å². The maximum atomic E-state index is 5.56. The predicted molar refractivity (Wildman–Crippen MR) is 53.7 cm³/mol. The molecule has 1 aliphatic carbocycles. The van der Waals surface area contributed by atoms with Crippen molar-refractivity contribution in [3.05, 3.63) is 0 Å².